The Morgan fingerprint density at radius 3 is 2.67 bits per heavy atom. The van der Waals surface area contributed by atoms with Gasteiger partial charge in [-0.25, -0.2) is 0 Å². The fraction of sp³-hybridized carbons (Fsp3) is 0.400. The van der Waals surface area contributed by atoms with Crippen LogP contribution in [-0.4, -0.2) is 28.6 Å². The first-order valence-electron chi connectivity index (χ1n) is 6.47. The standard InChI is InChI=1S/C15H17NO2/c17-14-10-16(9-12-4-2-1-3-5-12)15(18)13(14)8-11-6-7-11/h1-5,8,11,14,17H,6-7,9-10H2/b13-8+/t14-/m0/s1. The maximum absolute atomic E-state index is 12.2. The van der Waals surface area contributed by atoms with Crippen LogP contribution in [0.15, 0.2) is 42.0 Å². The van der Waals surface area contributed by atoms with Crippen LogP contribution in [0.4, 0.5) is 0 Å². The molecule has 0 unspecified atom stereocenters. The zero-order valence-corrected chi connectivity index (χ0v) is 10.2. The summed E-state index contributed by atoms with van der Waals surface area (Å²) in [5.74, 6) is 0.522. The normalized spacial score (nSPS) is 26.1. The molecule has 1 aliphatic heterocycles. The Labute approximate surface area is 107 Å². The van der Waals surface area contributed by atoms with Crippen molar-refractivity contribution in [1.82, 2.24) is 4.90 Å². The number of β-amino-alcohol motifs (C(OH)–C–C–N with tert-alkyl or cyclic N) is 1. The summed E-state index contributed by atoms with van der Waals surface area (Å²) >= 11 is 0. The van der Waals surface area contributed by atoms with E-state index in [1.54, 1.807) is 4.90 Å². The number of hydrogen-bond acceptors (Lipinski definition) is 2. The maximum atomic E-state index is 12.2. The Hall–Kier alpha value is -1.61. The van der Waals surface area contributed by atoms with Crippen molar-refractivity contribution < 1.29 is 9.90 Å². The molecule has 2 aliphatic rings. The van der Waals surface area contributed by atoms with Crippen LogP contribution in [0.1, 0.15) is 18.4 Å². The number of benzene rings is 1. The molecule has 0 bridgehead atoms. The lowest BCUT2D eigenvalue weighted by Crippen LogP contribution is -2.25. The van der Waals surface area contributed by atoms with Crippen LogP contribution in [0.25, 0.3) is 0 Å². The second-order valence-corrected chi connectivity index (χ2v) is 5.15. The van der Waals surface area contributed by atoms with E-state index in [1.807, 2.05) is 36.4 Å². The molecule has 1 N–H and O–H groups in total. The fourth-order valence-electron chi connectivity index (χ4n) is 2.35. The third kappa shape index (κ3) is 2.31. The molecule has 1 aliphatic carbocycles. The zero-order chi connectivity index (χ0) is 12.5. The molecule has 1 saturated heterocycles. The summed E-state index contributed by atoms with van der Waals surface area (Å²) in [6.07, 6.45) is 3.67. The molecule has 1 aromatic carbocycles. The van der Waals surface area contributed by atoms with Gasteiger partial charge in [0.05, 0.1) is 6.54 Å². The molecule has 1 saturated carbocycles. The van der Waals surface area contributed by atoms with Gasteiger partial charge in [0, 0.05) is 12.1 Å². The molecule has 3 nitrogen and oxygen atoms in total. The summed E-state index contributed by atoms with van der Waals surface area (Å²) < 4.78 is 0. The van der Waals surface area contributed by atoms with Gasteiger partial charge in [0.1, 0.15) is 6.10 Å². The molecule has 0 aromatic heterocycles. The van der Waals surface area contributed by atoms with E-state index in [4.69, 9.17) is 0 Å². The van der Waals surface area contributed by atoms with Crippen LogP contribution in [0.3, 0.4) is 0 Å². The lowest BCUT2D eigenvalue weighted by Gasteiger charge is -2.14. The van der Waals surface area contributed by atoms with Crippen molar-refractivity contribution >= 4 is 5.91 Å². The number of aliphatic hydroxyl groups excluding tert-OH is 1. The monoisotopic (exact) mass is 243 g/mol. The Bertz CT molecular complexity index is 477. The molecule has 2 fully saturated rings. The molecule has 0 radical (unpaired) electrons. The molecule has 0 spiro atoms. The molecule has 1 aromatic rings. The predicted molar refractivity (Wildman–Crippen MR) is 68.7 cm³/mol. The molecule has 1 heterocycles. The highest BCUT2D eigenvalue weighted by Gasteiger charge is 2.35. The van der Waals surface area contributed by atoms with Crippen LogP contribution in [0.5, 0.6) is 0 Å². The largest absolute Gasteiger partial charge is 0.386 e. The van der Waals surface area contributed by atoms with E-state index < -0.39 is 6.10 Å². The summed E-state index contributed by atoms with van der Waals surface area (Å²) in [7, 11) is 0. The minimum Gasteiger partial charge on any atom is -0.386 e. The van der Waals surface area contributed by atoms with E-state index in [2.05, 4.69) is 0 Å². The molecular formula is C15H17NO2. The first kappa shape index (κ1) is 11.5. The molecule has 1 atom stereocenters. The van der Waals surface area contributed by atoms with Gasteiger partial charge in [-0.1, -0.05) is 36.4 Å². The van der Waals surface area contributed by atoms with E-state index in [0.717, 1.165) is 18.4 Å². The molecule has 18 heavy (non-hydrogen) atoms. The van der Waals surface area contributed by atoms with Crippen LogP contribution in [-0.2, 0) is 11.3 Å². The number of allylic oxidation sites excluding steroid dienone is 1. The number of nitrogens with zero attached hydrogens (tertiary/aromatic N) is 1. The first-order valence-corrected chi connectivity index (χ1v) is 6.47. The molecule has 3 heteroatoms. The van der Waals surface area contributed by atoms with Crippen molar-refractivity contribution in [2.75, 3.05) is 6.54 Å². The van der Waals surface area contributed by atoms with Gasteiger partial charge in [0.25, 0.3) is 5.91 Å². The Balaban J connectivity index is 1.73. The summed E-state index contributed by atoms with van der Waals surface area (Å²) in [5, 5.41) is 9.95. The Morgan fingerprint density at radius 2 is 2.00 bits per heavy atom. The summed E-state index contributed by atoms with van der Waals surface area (Å²) in [6, 6.07) is 9.90. The third-order valence-corrected chi connectivity index (χ3v) is 3.54. The molecule has 3 rings (SSSR count). The number of amides is 1. The summed E-state index contributed by atoms with van der Waals surface area (Å²) in [6.45, 7) is 1.00. The van der Waals surface area contributed by atoms with Crippen LogP contribution in [0.2, 0.25) is 0 Å². The van der Waals surface area contributed by atoms with Crippen molar-refractivity contribution in [3.63, 3.8) is 0 Å². The number of rotatable bonds is 3. The van der Waals surface area contributed by atoms with Crippen LogP contribution >= 0.6 is 0 Å². The van der Waals surface area contributed by atoms with E-state index in [0.29, 0.717) is 24.6 Å². The van der Waals surface area contributed by atoms with Gasteiger partial charge < -0.3 is 10.0 Å². The summed E-state index contributed by atoms with van der Waals surface area (Å²) in [4.78, 5) is 13.9. The van der Waals surface area contributed by atoms with E-state index in [1.165, 1.54) is 0 Å². The second-order valence-electron chi connectivity index (χ2n) is 5.15. The number of carbonyl (C=O) groups is 1. The van der Waals surface area contributed by atoms with Gasteiger partial charge >= 0.3 is 0 Å². The number of aliphatic hydroxyl groups is 1. The second kappa shape index (κ2) is 4.58. The van der Waals surface area contributed by atoms with Gasteiger partial charge in [-0.15, -0.1) is 0 Å². The minimum atomic E-state index is -0.609. The summed E-state index contributed by atoms with van der Waals surface area (Å²) in [5.41, 5.74) is 1.71. The average Bonchev–Trinajstić information content (AvgIpc) is 3.15. The number of hydrogen-bond donors (Lipinski definition) is 1. The molecule has 1 amide bonds. The first-order chi connectivity index (χ1) is 8.74. The highest BCUT2D eigenvalue weighted by molar-refractivity contribution is 5.97. The fourth-order valence-corrected chi connectivity index (χ4v) is 2.35. The van der Waals surface area contributed by atoms with Crippen LogP contribution in [0, 0.1) is 5.92 Å². The van der Waals surface area contributed by atoms with Crippen LogP contribution < -0.4 is 0 Å². The highest BCUT2D eigenvalue weighted by atomic mass is 16.3. The molecular weight excluding hydrogens is 226 g/mol. The third-order valence-electron chi connectivity index (χ3n) is 3.54. The van der Waals surface area contributed by atoms with Gasteiger partial charge in [0.15, 0.2) is 0 Å². The van der Waals surface area contributed by atoms with Gasteiger partial charge in [-0.2, -0.15) is 0 Å². The van der Waals surface area contributed by atoms with E-state index >= 15 is 0 Å². The molecule has 94 valence electrons. The van der Waals surface area contributed by atoms with Gasteiger partial charge in [-0.3, -0.25) is 4.79 Å². The average molecular weight is 243 g/mol. The Morgan fingerprint density at radius 1 is 1.28 bits per heavy atom. The quantitative estimate of drug-likeness (QED) is 0.821. The lowest BCUT2D eigenvalue weighted by atomic mass is 10.1. The zero-order valence-electron chi connectivity index (χ0n) is 10.2. The predicted octanol–water partition coefficient (Wildman–Crippen LogP) is 1.73. The lowest BCUT2D eigenvalue weighted by molar-refractivity contribution is -0.125. The van der Waals surface area contributed by atoms with Crippen molar-refractivity contribution in [2.45, 2.75) is 25.5 Å². The van der Waals surface area contributed by atoms with E-state index in [-0.39, 0.29) is 5.91 Å². The van der Waals surface area contributed by atoms with Crippen molar-refractivity contribution in [2.24, 2.45) is 5.92 Å². The smallest absolute Gasteiger partial charge is 0.252 e. The van der Waals surface area contributed by atoms with Gasteiger partial charge in [-0.05, 0) is 24.3 Å². The van der Waals surface area contributed by atoms with Crippen molar-refractivity contribution in [3.8, 4) is 0 Å². The highest BCUT2D eigenvalue weighted by Crippen LogP contribution is 2.33. The SMILES string of the molecule is O=C1/C(=C/C2CC2)[C@@H](O)CN1Cc1ccccc1. The number of likely N-dealkylation sites (tertiary alicyclic amines) is 1. The van der Waals surface area contributed by atoms with Crippen molar-refractivity contribution in [1.29, 1.82) is 0 Å². The van der Waals surface area contributed by atoms with E-state index in [9.17, 15) is 9.90 Å². The van der Waals surface area contributed by atoms with Gasteiger partial charge in [0.2, 0.25) is 0 Å². The minimum absolute atomic E-state index is 0.00162. The van der Waals surface area contributed by atoms with Crippen molar-refractivity contribution in [3.05, 3.63) is 47.5 Å². The topological polar surface area (TPSA) is 40.5 Å². The maximum Gasteiger partial charge on any atom is 0.252 e. The number of carbonyl (C=O) groups excluding carboxylic acids is 1. The Kier molecular flexibility index (Phi) is 2.92.